The van der Waals surface area contributed by atoms with E-state index in [4.69, 9.17) is 20.7 Å². The molecule has 19 heavy (non-hydrogen) atoms. The van der Waals surface area contributed by atoms with Crippen LogP contribution in [0.4, 0.5) is 0 Å². The molecule has 106 valence electrons. The number of ether oxygens (including phenoxy) is 1. The maximum absolute atomic E-state index is 12.2. The third-order valence-electron chi connectivity index (χ3n) is 3.67. The first-order chi connectivity index (χ1) is 8.95. The highest BCUT2D eigenvalue weighted by Crippen LogP contribution is 2.49. The maximum Gasteiger partial charge on any atom is 0.320 e. The van der Waals surface area contributed by atoms with Crippen LogP contribution in [0.15, 0.2) is 0 Å². The summed E-state index contributed by atoms with van der Waals surface area (Å²) in [6.07, 6.45) is 0. The van der Waals surface area contributed by atoms with E-state index < -0.39 is 35.7 Å². The van der Waals surface area contributed by atoms with E-state index in [1.165, 1.54) is 4.90 Å². The quantitative estimate of drug-likeness (QED) is 0.550. The molecule has 8 heteroatoms. The molecule has 0 aromatic heterocycles. The molecule has 1 saturated carbocycles. The average molecular weight is 272 g/mol. The highest BCUT2D eigenvalue weighted by molar-refractivity contribution is 5.92. The molecule has 4 atom stereocenters. The third kappa shape index (κ3) is 2.54. The third-order valence-corrected chi connectivity index (χ3v) is 3.67. The topological polar surface area (TPSA) is 130 Å². The number of carbonyl (C=O) groups excluding carboxylic acids is 1. The van der Waals surface area contributed by atoms with Crippen molar-refractivity contribution < 1.29 is 29.3 Å². The van der Waals surface area contributed by atoms with Crippen molar-refractivity contribution in [1.82, 2.24) is 4.90 Å². The Bertz CT molecular complexity index is 406. The van der Waals surface area contributed by atoms with Crippen LogP contribution in [0.3, 0.4) is 0 Å². The number of carboxylic acids is 2. The van der Waals surface area contributed by atoms with Crippen molar-refractivity contribution in [1.29, 1.82) is 0 Å². The molecule has 0 bridgehead atoms. The number of hydrogen-bond donors (Lipinski definition) is 3. The largest absolute Gasteiger partial charge is 0.481 e. The van der Waals surface area contributed by atoms with Gasteiger partial charge in [0.1, 0.15) is 6.04 Å². The van der Waals surface area contributed by atoms with Crippen LogP contribution in [0.2, 0.25) is 0 Å². The SMILES string of the molecule is NC(C(=O)O)[C@@H]1[C@@H](C(=O)O)[C@@H]1C(=O)N1CCOCC1. The Hall–Kier alpha value is -1.67. The summed E-state index contributed by atoms with van der Waals surface area (Å²) in [5, 5.41) is 17.9. The highest BCUT2D eigenvalue weighted by Gasteiger charge is 2.63. The number of nitrogens with two attached hydrogens (primary N) is 1. The number of hydrogen-bond acceptors (Lipinski definition) is 5. The van der Waals surface area contributed by atoms with Crippen LogP contribution < -0.4 is 5.73 Å². The van der Waals surface area contributed by atoms with Gasteiger partial charge < -0.3 is 25.6 Å². The molecule has 0 spiro atoms. The lowest BCUT2D eigenvalue weighted by molar-refractivity contribution is -0.143. The van der Waals surface area contributed by atoms with Crippen LogP contribution in [0.1, 0.15) is 0 Å². The van der Waals surface area contributed by atoms with Crippen molar-refractivity contribution in [3.05, 3.63) is 0 Å². The van der Waals surface area contributed by atoms with Crippen LogP contribution in [-0.2, 0) is 19.1 Å². The molecule has 0 radical (unpaired) electrons. The summed E-state index contributed by atoms with van der Waals surface area (Å²) in [5.41, 5.74) is 5.45. The zero-order valence-electron chi connectivity index (χ0n) is 10.2. The molecular weight excluding hydrogens is 256 g/mol. The molecule has 8 nitrogen and oxygen atoms in total. The Balaban J connectivity index is 2.07. The number of aliphatic carboxylic acids is 2. The fourth-order valence-corrected chi connectivity index (χ4v) is 2.58. The highest BCUT2D eigenvalue weighted by atomic mass is 16.5. The summed E-state index contributed by atoms with van der Waals surface area (Å²) in [7, 11) is 0. The van der Waals surface area contributed by atoms with Crippen molar-refractivity contribution in [2.45, 2.75) is 6.04 Å². The van der Waals surface area contributed by atoms with Crippen molar-refractivity contribution in [3.8, 4) is 0 Å². The zero-order valence-corrected chi connectivity index (χ0v) is 10.2. The van der Waals surface area contributed by atoms with Crippen molar-refractivity contribution >= 4 is 17.8 Å². The molecule has 4 N–H and O–H groups in total. The van der Waals surface area contributed by atoms with E-state index in [1.807, 2.05) is 0 Å². The molecule has 2 rings (SSSR count). The van der Waals surface area contributed by atoms with Crippen molar-refractivity contribution in [2.75, 3.05) is 26.3 Å². The normalized spacial score (nSPS) is 31.6. The summed E-state index contributed by atoms with van der Waals surface area (Å²) in [6.45, 7) is 1.62. The van der Waals surface area contributed by atoms with Gasteiger partial charge in [0, 0.05) is 19.0 Å². The monoisotopic (exact) mass is 272 g/mol. The van der Waals surface area contributed by atoms with Crippen LogP contribution >= 0.6 is 0 Å². The Labute approximate surface area is 109 Å². The fraction of sp³-hybridized carbons (Fsp3) is 0.727. The van der Waals surface area contributed by atoms with Gasteiger partial charge >= 0.3 is 11.9 Å². The van der Waals surface area contributed by atoms with Gasteiger partial charge in [-0.25, -0.2) is 0 Å². The van der Waals surface area contributed by atoms with E-state index in [-0.39, 0.29) is 5.91 Å². The van der Waals surface area contributed by atoms with Crippen LogP contribution in [0.25, 0.3) is 0 Å². The van der Waals surface area contributed by atoms with E-state index in [1.54, 1.807) is 0 Å². The smallest absolute Gasteiger partial charge is 0.320 e. The van der Waals surface area contributed by atoms with Crippen molar-refractivity contribution in [2.24, 2.45) is 23.5 Å². The summed E-state index contributed by atoms with van der Waals surface area (Å²) < 4.78 is 5.11. The number of nitrogens with zero attached hydrogens (tertiary/aromatic N) is 1. The Morgan fingerprint density at radius 2 is 1.74 bits per heavy atom. The average Bonchev–Trinajstić information content (AvgIpc) is 3.13. The van der Waals surface area contributed by atoms with E-state index in [2.05, 4.69) is 0 Å². The Morgan fingerprint density at radius 1 is 1.16 bits per heavy atom. The van der Waals surface area contributed by atoms with E-state index in [9.17, 15) is 14.4 Å². The van der Waals surface area contributed by atoms with E-state index in [0.29, 0.717) is 26.3 Å². The van der Waals surface area contributed by atoms with Crippen LogP contribution in [0, 0.1) is 17.8 Å². The lowest BCUT2D eigenvalue weighted by Crippen LogP contribution is -2.43. The van der Waals surface area contributed by atoms with Gasteiger partial charge in [0.25, 0.3) is 0 Å². The van der Waals surface area contributed by atoms with Gasteiger partial charge in [0.15, 0.2) is 0 Å². The summed E-state index contributed by atoms with van der Waals surface area (Å²) >= 11 is 0. The number of rotatable bonds is 4. The minimum absolute atomic E-state index is 0.336. The second-order valence-corrected chi connectivity index (χ2v) is 4.77. The van der Waals surface area contributed by atoms with Crippen LogP contribution in [0.5, 0.6) is 0 Å². The van der Waals surface area contributed by atoms with Gasteiger partial charge in [0.05, 0.1) is 25.0 Å². The first kappa shape index (κ1) is 13.8. The van der Waals surface area contributed by atoms with Gasteiger partial charge in [0.2, 0.25) is 5.91 Å². The Kier molecular flexibility index (Phi) is 3.72. The standard InChI is InChI=1S/C11H16N2O6/c12-8(11(17)18)5-6(7(5)10(15)16)9(14)13-1-3-19-4-2-13/h5-8H,1-4,12H2,(H,15,16)(H,17,18)/t5-,6+,7+,8?/m0/s1. The van der Waals surface area contributed by atoms with E-state index in [0.717, 1.165) is 0 Å². The Morgan fingerprint density at radius 3 is 2.21 bits per heavy atom. The number of amides is 1. The van der Waals surface area contributed by atoms with Gasteiger partial charge in [-0.05, 0) is 0 Å². The van der Waals surface area contributed by atoms with Crippen molar-refractivity contribution in [3.63, 3.8) is 0 Å². The molecule has 1 amide bonds. The fourth-order valence-electron chi connectivity index (χ4n) is 2.58. The minimum Gasteiger partial charge on any atom is -0.481 e. The molecule has 2 aliphatic rings. The number of carboxylic acid groups (broad SMARTS) is 2. The molecule has 1 aliphatic carbocycles. The molecule has 1 aliphatic heterocycles. The number of carbonyl (C=O) groups is 3. The predicted octanol–water partition coefficient (Wildman–Crippen LogP) is -1.80. The molecule has 1 saturated heterocycles. The van der Waals surface area contributed by atoms with E-state index >= 15 is 0 Å². The second-order valence-electron chi connectivity index (χ2n) is 4.77. The van der Waals surface area contributed by atoms with Gasteiger partial charge in [-0.2, -0.15) is 0 Å². The summed E-state index contributed by atoms with van der Waals surface area (Å²) in [6, 6.07) is -1.32. The molecule has 0 aromatic rings. The molecule has 1 unspecified atom stereocenters. The van der Waals surface area contributed by atoms with Crippen LogP contribution in [-0.4, -0.2) is 65.3 Å². The molecule has 1 heterocycles. The summed E-state index contributed by atoms with van der Waals surface area (Å²) in [4.78, 5) is 35.6. The minimum atomic E-state index is -1.32. The lowest BCUT2D eigenvalue weighted by Gasteiger charge is -2.27. The molecule has 2 fully saturated rings. The predicted molar refractivity (Wildman–Crippen MR) is 61.1 cm³/mol. The van der Waals surface area contributed by atoms with Gasteiger partial charge in [-0.3, -0.25) is 14.4 Å². The second kappa shape index (κ2) is 5.14. The zero-order chi connectivity index (χ0) is 14.2. The molecular formula is C11H16N2O6. The summed E-state index contributed by atoms with van der Waals surface area (Å²) in [5.74, 6) is -5.45. The van der Waals surface area contributed by atoms with Gasteiger partial charge in [-0.1, -0.05) is 0 Å². The first-order valence-electron chi connectivity index (χ1n) is 6.03. The lowest BCUT2D eigenvalue weighted by atomic mass is 10.1. The molecule has 0 aromatic carbocycles. The maximum atomic E-state index is 12.2. The first-order valence-corrected chi connectivity index (χ1v) is 6.03. The number of morpholine rings is 1. The van der Waals surface area contributed by atoms with Gasteiger partial charge in [-0.15, -0.1) is 0 Å².